The Morgan fingerprint density at radius 3 is 2.60 bits per heavy atom. The molecule has 1 heterocycles. The maximum atomic E-state index is 9.14. The van der Waals surface area contributed by atoms with Crippen molar-refractivity contribution in [3.8, 4) is 6.07 Å². The topological polar surface area (TPSA) is 54.5 Å². The molecule has 0 aliphatic rings. The average molecular weight is 289 g/mol. The minimum absolute atomic E-state index is 0.406. The highest BCUT2D eigenvalue weighted by Crippen LogP contribution is 2.16. The number of aromatic nitrogens is 3. The molecule has 2 rings (SSSR count). The summed E-state index contributed by atoms with van der Waals surface area (Å²) < 4.78 is 1.84. The van der Waals surface area contributed by atoms with Crippen molar-refractivity contribution in [2.45, 2.75) is 33.2 Å². The standard InChI is InChI=1S/C15H17ClN4/c1-11(2)7-8-20-15(14(10-17)18-19-20)9-12-3-5-13(16)6-4-12/h3-6,11H,7-9H2,1-2H3. The molecule has 0 radical (unpaired) electrons. The number of benzene rings is 1. The molecule has 0 spiro atoms. The number of nitrogens with zero attached hydrogens (tertiary/aromatic N) is 4. The van der Waals surface area contributed by atoms with Crippen molar-refractivity contribution in [1.82, 2.24) is 15.0 Å². The van der Waals surface area contributed by atoms with Gasteiger partial charge in [-0.2, -0.15) is 5.26 Å². The summed E-state index contributed by atoms with van der Waals surface area (Å²) in [5.74, 6) is 0.591. The Labute approximate surface area is 124 Å². The summed E-state index contributed by atoms with van der Waals surface area (Å²) in [4.78, 5) is 0. The van der Waals surface area contributed by atoms with Crippen LogP contribution in [-0.2, 0) is 13.0 Å². The van der Waals surface area contributed by atoms with Crippen LogP contribution in [0.25, 0.3) is 0 Å². The van der Waals surface area contributed by atoms with E-state index in [-0.39, 0.29) is 0 Å². The largest absolute Gasteiger partial charge is 0.248 e. The van der Waals surface area contributed by atoms with Crippen molar-refractivity contribution < 1.29 is 0 Å². The molecule has 0 atom stereocenters. The van der Waals surface area contributed by atoms with Crippen LogP contribution in [0.2, 0.25) is 5.02 Å². The van der Waals surface area contributed by atoms with Crippen LogP contribution >= 0.6 is 11.6 Å². The Morgan fingerprint density at radius 1 is 1.30 bits per heavy atom. The first-order chi connectivity index (χ1) is 9.60. The van der Waals surface area contributed by atoms with Gasteiger partial charge in [-0.3, -0.25) is 0 Å². The van der Waals surface area contributed by atoms with Gasteiger partial charge in [-0.1, -0.05) is 42.8 Å². The summed E-state index contributed by atoms with van der Waals surface area (Å²) in [5, 5.41) is 17.9. The molecule has 1 aromatic carbocycles. The summed E-state index contributed by atoms with van der Waals surface area (Å²) in [6.07, 6.45) is 1.66. The molecule has 4 nitrogen and oxygen atoms in total. The molecule has 104 valence electrons. The van der Waals surface area contributed by atoms with E-state index in [0.717, 1.165) is 24.2 Å². The Balaban J connectivity index is 2.22. The zero-order valence-corrected chi connectivity index (χ0v) is 12.4. The fourth-order valence-electron chi connectivity index (χ4n) is 1.95. The third-order valence-electron chi connectivity index (χ3n) is 3.15. The molecule has 0 unspecified atom stereocenters. The first-order valence-electron chi connectivity index (χ1n) is 6.67. The highest BCUT2D eigenvalue weighted by atomic mass is 35.5. The monoisotopic (exact) mass is 288 g/mol. The Morgan fingerprint density at radius 2 is 2.00 bits per heavy atom. The van der Waals surface area contributed by atoms with Crippen LogP contribution in [0, 0.1) is 17.2 Å². The van der Waals surface area contributed by atoms with Crippen molar-refractivity contribution in [3.05, 3.63) is 46.2 Å². The number of halogens is 1. The van der Waals surface area contributed by atoms with Crippen LogP contribution in [0.4, 0.5) is 0 Å². The van der Waals surface area contributed by atoms with E-state index in [2.05, 4.69) is 30.2 Å². The number of hydrogen-bond acceptors (Lipinski definition) is 3. The van der Waals surface area contributed by atoms with E-state index >= 15 is 0 Å². The lowest BCUT2D eigenvalue weighted by Crippen LogP contribution is -2.08. The van der Waals surface area contributed by atoms with E-state index in [4.69, 9.17) is 16.9 Å². The van der Waals surface area contributed by atoms with Crippen LogP contribution in [0.3, 0.4) is 0 Å². The zero-order valence-electron chi connectivity index (χ0n) is 11.7. The van der Waals surface area contributed by atoms with E-state index in [0.29, 0.717) is 23.1 Å². The molecule has 2 aromatic rings. The van der Waals surface area contributed by atoms with Crippen molar-refractivity contribution in [3.63, 3.8) is 0 Å². The Bertz CT molecular complexity index is 608. The highest BCUT2D eigenvalue weighted by molar-refractivity contribution is 6.30. The van der Waals surface area contributed by atoms with Gasteiger partial charge in [0.2, 0.25) is 0 Å². The predicted octanol–water partition coefficient (Wildman–Crippen LogP) is 3.44. The molecule has 0 aliphatic carbocycles. The van der Waals surface area contributed by atoms with Crippen molar-refractivity contribution >= 4 is 11.6 Å². The summed E-state index contributed by atoms with van der Waals surface area (Å²) in [6, 6.07) is 9.74. The molecule has 0 saturated carbocycles. The fourth-order valence-corrected chi connectivity index (χ4v) is 2.08. The summed E-state index contributed by atoms with van der Waals surface area (Å²) in [7, 11) is 0. The molecule has 0 bridgehead atoms. The first-order valence-corrected chi connectivity index (χ1v) is 7.05. The molecule has 1 aromatic heterocycles. The Hall–Kier alpha value is -1.86. The van der Waals surface area contributed by atoms with Gasteiger partial charge >= 0.3 is 0 Å². The maximum Gasteiger partial charge on any atom is 0.186 e. The number of nitriles is 1. The summed E-state index contributed by atoms with van der Waals surface area (Å²) in [6.45, 7) is 5.12. The van der Waals surface area contributed by atoms with E-state index in [1.165, 1.54) is 0 Å². The number of hydrogen-bond donors (Lipinski definition) is 0. The molecule has 0 aliphatic heterocycles. The minimum Gasteiger partial charge on any atom is -0.248 e. The predicted molar refractivity (Wildman–Crippen MR) is 78.5 cm³/mol. The lowest BCUT2D eigenvalue weighted by molar-refractivity contribution is 0.469. The third kappa shape index (κ3) is 3.58. The lowest BCUT2D eigenvalue weighted by Gasteiger charge is -2.08. The van der Waals surface area contributed by atoms with Gasteiger partial charge < -0.3 is 0 Å². The molecule has 20 heavy (non-hydrogen) atoms. The summed E-state index contributed by atoms with van der Waals surface area (Å²) >= 11 is 5.89. The molecular weight excluding hydrogens is 272 g/mol. The van der Waals surface area contributed by atoms with Crippen molar-refractivity contribution in [2.75, 3.05) is 0 Å². The van der Waals surface area contributed by atoms with Crippen LogP contribution in [-0.4, -0.2) is 15.0 Å². The van der Waals surface area contributed by atoms with Crippen molar-refractivity contribution in [2.24, 2.45) is 5.92 Å². The molecule has 0 fully saturated rings. The fraction of sp³-hybridized carbons (Fsp3) is 0.400. The van der Waals surface area contributed by atoms with E-state index in [1.54, 1.807) is 0 Å². The van der Waals surface area contributed by atoms with Crippen molar-refractivity contribution in [1.29, 1.82) is 5.26 Å². The second-order valence-corrected chi connectivity index (χ2v) is 5.64. The first kappa shape index (κ1) is 14.5. The average Bonchev–Trinajstić information content (AvgIpc) is 2.81. The van der Waals surface area contributed by atoms with Crippen LogP contribution in [0.1, 0.15) is 37.2 Å². The normalized spacial score (nSPS) is 10.8. The second kappa shape index (κ2) is 6.53. The molecule has 0 amide bonds. The SMILES string of the molecule is CC(C)CCn1nnc(C#N)c1Cc1ccc(Cl)cc1. The van der Waals surface area contributed by atoms with E-state index in [1.807, 2.05) is 28.9 Å². The molecule has 5 heteroatoms. The van der Waals surface area contributed by atoms with Crippen LogP contribution in [0.5, 0.6) is 0 Å². The Kier molecular flexibility index (Phi) is 4.75. The molecule has 0 N–H and O–H groups in total. The zero-order chi connectivity index (χ0) is 14.5. The second-order valence-electron chi connectivity index (χ2n) is 5.21. The third-order valence-corrected chi connectivity index (χ3v) is 3.40. The number of rotatable bonds is 5. The van der Waals surface area contributed by atoms with Gasteiger partial charge in [0.1, 0.15) is 6.07 Å². The van der Waals surface area contributed by atoms with Gasteiger partial charge in [0.05, 0.1) is 5.69 Å². The molecule has 0 saturated heterocycles. The quantitative estimate of drug-likeness (QED) is 0.847. The van der Waals surface area contributed by atoms with E-state index in [9.17, 15) is 0 Å². The maximum absolute atomic E-state index is 9.14. The van der Waals surface area contributed by atoms with Gasteiger partial charge in [0.15, 0.2) is 5.69 Å². The van der Waals surface area contributed by atoms with Gasteiger partial charge in [0, 0.05) is 18.0 Å². The lowest BCUT2D eigenvalue weighted by atomic mass is 10.1. The minimum atomic E-state index is 0.406. The highest BCUT2D eigenvalue weighted by Gasteiger charge is 2.13. The molecular formula is C15H17ClN4. The van der Waals surface area contributed by atoms with Gasteiger partial charge in [-0.15, -0.1) is 5.10 Å². The van der Waals surface area contributed by atoms with Gasteiger partial charge in [-0.05, 0) is 30.0 Å². The van der Waals surface area contributed by atoms with Crippen LogP contribution in [0.15, 0.2) is 24.3 Å². The smallest absolute Gasteiger partial charge is 0.186 e. The van der Waals surface area contributed by atoms with E-state index < -0.39 is 0 Å². The summed E-state index contributed by atoms with van der Waals surface area (Å²) in [5.41, 5.74) is 2.37. The van der Waals surface area contributed by atoms with Gasteiger partial charge in [0.25, 0.3) is 0 Å². The number of aryl methyl sites for hydroxylation is 1. The van der Waals surface area contributed by atoms with Gasteiger partial charge in [-0.25, -0.2) is 4.68 Å². The van der Waals surface area contributed by atoms with Crippen LogP contribution < -0.4 is 0 Å².